The number of rotatable bonds is 8. The molecule has 0 aliphatic rings. The van der Waals surface area contributed by atoms with E-state index in [-0.39, 0.29) is 13.2 Å². The van der Waals surface area contributed by atoms with Gasteiger partial charge in [0.15, 0.2) is 0 Å². The quantitative estimate of drug-likeness (QED) is 0.516. The van der Waals surface area contributed by atoms with Gasteiger partial charge in [-0.05, 0) is 65.7 Å². The lowest BCUT2D eigenvalue weighted by atomic mass is 10.1. The third-order valence-corrected chi connectivity index (χ3v) is 4.38. The lowest BCUT2D eigenvalue weighted by Gasteiger charge is -2.09. The number of hydrogen-bond donors (Lipinski definition) is 0. The van der Waals surface area contributed by atoms with Crippen LogP contribution in [-0.4, -0.2) is 26.2 Å². The van der Waals surface area contributed by atoms with Gasteiger partial charge in [-0.3, -0.25) is 0 Å². The maximum absolute atomic E-state index is 12.2. The zero-order valence-electron chi connectivity index (χ0n) is 16.8. The van der Waals surface area contributed by atoms with Crippen molar-refractivity contribution < 1.29 is 28.5 Å². The van der Waals surface area contributed by atoms with Gasteiger partial charge in [0.1, 0.15) is 24.7 Å². The molecule has 0 N–H and O–H groups in total. The third-order valence-electron chi connectivity index (χ3n) is 4.38. The molecule has 0 radical (unpaired) electrons. The summed E-state index contributed by atoms with van der Waals surface area (Å²) in [5.41, 5.74) is 2.49. The molecule has 154 valence electrons. The highest BCUT2D eigenvalue weighted by Gasteiger charge is 2.10. The average molecular weight is 406 g/mol. The highest BCUT2D eigenvalue weighted by Crippen LogP contribution is 2.15. The summed E-state index contributed by atoms with van der Waals surface area (Å²) in [6.45, 7) is 0.232. The Morgan fingerprint density at radius 2 is 1.03 bits per heavy atom. The van der Waals surface area contributed by atoms with Gasteiger partial charge in [-0.25, -0.2) is 9.59 Å². The van der Waals surface area contributed by atoms with Crippen LogP contribution in [0.25, 0.3) is 0 Å². The fraction of sp³-hybridized carbons (Fsp3) is 0.167. The van der Waals surface area contributed by atoms with Crippen molar-refractivity contribution >= 4 is 11.9 Å². The van der Waals surface area contributed by atoms with E-state index in [9.17, 15) is 9.59 Å². The number of carbonyl (C=O) groups excluding carboxylic acids is 2. The van der Waals surface area contributed by atoms with Crippen LogP contribution in [-0.2, 0) is 22.7 Å². The molecule has 3 aromatic carbocycles. The molecule has 0 aromatic heterocycles. The minimum absolute atomic E-state index is 0.116. The molecule has 0 saturated carbocycles. The van der Waals surface area contributed by atoms with Gasteiger partial charge in [-0.1, -0.05) is 18.2 Å². The molecule has 0 aliphatic heterocycles. The van der Waals surface area contributed by atoms with Gasteiger partial charge in [0.2, 0.25) is 0 Å². The first-order chi connectivity index (χ1) is 14.6. The predicted octanol–water partition coefficient (Wildman–Crippen LogP) is 4.42. The van der Waals surface area contributed by atoms with Crippen molar-refractivity contribution in [3.8, 4) is 11.5 Å². The van der Waals surface area contributed by atoms with E-state index in [2.05, 4.69) is 0 Å². The van der Waals surface area contributed by atoms with Crippen LogP contribution in [0.4, 0.5) is 0 Å². The van der Waals surface area contributed by atoms with Crippen LogP contribution < -0.4 is 9.47 Å². The lowest BCUT2D eigenvalue weighted by Crippen LogP contribution is -2.07. The van der Waals surface area contributed by atoms with Gasteiger partial charge >= 0.3 is 11.9 Å². The zero-order chi connectivity index (χ0) is 21.3. The van der Waals surface area contributed by atoms with E-state index in [1.807, 2.05) is 24.3 Å². The van der Waals surface area contributed by atoms with Crippen molar-refractivity contribution in [1.29, 1.82) is 0 Å². The van der Waals surface area contributed by atoms with Crippen LogP contribution in [0.3, 0.4) is 0 Å². The number of methoxy groups -OCH3 is 2. The zero-order valence-corrected chi connectivity index (χ0v) is 16.8. The number of hydrogen-bond acceptors (Lipinski definition) is 6. The molecule has 0 spiro atoms. The van der Waals surface area contributed by atoms with E-state index >= 15 is 0 Å². The molecule has 0 amide bonds. The van der Waals surface area contributed by atoms with Crippen molar-refractivity contribution in [3.63, 3.8) is 0 Å². The Kier molecular flexibility index (Phi) is 7.05. The van der Waals surface area contributed by atoms with Crippen molar-refractivity contribution in [1.82, 2.24) is 0 Å². The minimum Gasteiger partial charge on any atom is -0.497 e. The van der Waals surface area contributed by atoms with Crippen LogP contribution in [0.5, 0.6) is 11.5 Å². The molecule has 6 nitrogen and oxygen atoms in total. The largest absolute Gasteiger partial charge is 0.497 e. The summed E-state index contributed by atoms with van der Waals surface area (Å²) in [7, 11) is 3.13. The maximum atomic E-state index is 12.2. The second-order valence-electron chi connectivity index (χ2n) is 6.43. The Hall–Kier alpha value is -3.80. The summed E-state index contributed by atoms with van der Waals surface area (Å²) < 4.78 is 20.9. The van der Waals surface area contributed by atoms with E-state index in [1.54, 1.807) is 62.8 Å². The number of benzene rings is 3. The molecule has 0 fully saturated rings. The maximum Gasteiger partial charge on any atom is 0.338 e. The summed E-state index contributed by atoms with van der Waals surface area (Å²) >= 11 is 0. The van der Waals surface area contributed by atoms with Crippen molar-refractivity contribution in [2.75, 3.05) is 14.2 Å². The van der Waals surface area contributed by atoms with Gasteiger partial charge in [0, 0.05) is 0 Å². The van der Waals surface area contributed by atoms with Crippen molar-refractivity contribution in [3.05, 3.63) is 95.1 Å². The molecule has 0 atom stereocenters. The van der Waals surface area contributed by atoms with Gasteiger partial charge in [-0.15, -0.1) is 0 Å². The van der Waals surface area contributed by atoms with E-state index in [0.29, 0.717) is 22.6 Å². The Bertz CT molecular complexity index is 914. The van der Waals surface area contributed by atoms with Gasteiger partial charge in [-0.2, -0.15) is 0 Å². The summed E-state index contributed by atoms with van der Waals surface area (Å²) in [4.78, 5) is 24.4. The normalized spacial score (nSPS) is 10.2. The Labute approximate surface area is 175 Å². The average Bonchev–Trinajstić information content (AvgIpc) is 2.81. The topological polar surface area (TPSA) is 71.1 Å². The molecule has 3 aromatic rings. The van der Waals surface area contributed by atoms with Crippen molar-refractivity contribution in [2.45, 2.75) is 13.2 Å². The molecular weight excluding hydrogens is 384 g/mol. The first-order valence-corrected chi connectivity index (χ1v) is 9.29. The van der Waals surface area contributed by atoms with Crippen LogP contribution in [0.15, 0.2) is 72.8 Å². The van der Waals surface area contributed by atoms with Crippen molar-refractivity contribution in [2.24, 2.45) is 0 Å². The Morgan fingerprint density at radius 1 is 0.633 bits per heavy atom. The molecule has 0 aliphatic carbocycles. The molecule has 0 bridgehead atoms. The fourth-order valence-corrected chi connectivity index (χ4v) is 2.73. The standard InChI is InChI=1S/C24H22O6/c1-27-21-10-6-19(7-11-21)23(25)29-15-17-4-3-5-18(14-17)16-30-24(26)20-8-12-22(28-2)13-9-20/h3-14H,15-16H2,1-2H3. The van der Waals surface area contributed by atoms with Crippen LogP contribution in [0.2, 0.25) is 0 Å². The van der Waals surface area contributed by atoms with Gasteiger partial charge in [0.25, 0.3) is 0 Å². The first kappa shape index (κ1) is 20.9. The van der Waals surface area contributed by atoms with Gasteiger partial charge in [0.05, 0.1) is 25.3 Å². The number of carbonyl (C=O) groups is 2. The number of esters is 2. The van der Waals surface area contributed by atoms with Crippen LogP contribution in [0, 0.1) is 0 Å². The van der Waals surface area contributed by atoms with Gasteiger partial charge < -0.3 is 18.9 Å². The molecule has 6 heteroatoms. The fourth-order valence-electron chi connectivity index (χ4n) is 2.73. The van der Waals surface area contributed by atoms with Crippen LogP contribution >= 0.6 is 0 Å². The SMILES string of the molecule is COc1ccc(C(=O)OCc2cccc(COC(=O)c3ccc(OC)cc3)c2)cc1. The third kappa shape index (κ3) is 5.61. The summed E-state index contributed by atoms with van der Waals surface area (Å²) in [5, 5.41) is 0. The van der Waals surface area contributed by atoms with E-state index in [1.165, 1.54) is 0 Å². The summed E-state index contributed by atoms with van der Waals surface area (Å²) in [5.74, 6) is 0.495. The minimum atomic E-state index is -0.422. The monoisotopic (exact) mass is 406 g/mol. The second-order valence-corrected chi connectivity index (χ2v) is 6.43. The summed E-state index contributed by atoms with van der Waals surface area (Å²) in [6, 6.07) is 20.8. The molecule has 0 saturated heterocycles. The molecule has 3 rings (SSSR count). The predicted molar refractivity (Wildman–Crippen MR) is 111 cm³/mol. The molecule has 0 unspecified atom stereocenters. The lowest BCUT2D eigenvalue weighted by molar-refractivity contribution is 0.0471. The van der Waals surface area contributed by atoms with E-state index in [0.717, 1.165) is 11.1 Å². The highest BCUT2D eigenvalue weighted by atomic mass is 16.5. The Morgan fingerprint density at radius 3 is 1.40 bits per heavy atom. The number of ether oxygens (including phenoxy) is 4. The molecule has 0 heterocycles. The van der Waals surface area contributed by atoms with E-state index < -0.39 is 11.9 Å². The summed E-state index contributed by atoms with van der Waals surface area (Å²) in [6.07, 6.45) is 0. The first-order valence-electron chi connectivity index (χ1n) is 9.29. The molecule has 30 heavy (non-hydrogen) atoms. The smallest absolute Gasteiger partial charge is 0.338 e. The Balaban J connectivity index is 1.53. The highest BCUT2D eigenvalue weighted by molar-refractivity contribution is 5.90. The van der Waals surface area contributed by atoms with Crippen LogP contribution in [0.1, 0.15) is 31.8 Å². The molecular formula is C24H22O6. The second kappa shape index (κ2) is 10.1. The van der Waals surface area contributed by atoms with E-state index in [4.69, 9.17) is 18.9 Å².